The van der Waals surface area contributed by atoms with Crippen LogP contribution in [0.2, 0.25) is 0 Å². The molecule has 2 fully saturated rings. The van der Waals surface area contributed by atoms with Gasteiger partial charge in [0.15, 0.2) is 0 Å². The van der Waals surface area contributed by atoms with Crippen LogP contribution in [0.4, 0.5) is 5.69 Å². The molecular formula is C25H43ClN2S. The minimum Gasteiger partial charge on any atom is -0.369 e. The van der Waals surface area contributed by atoms with Crippen molar-refractivity contribution in [3.05, 3.63) is 23.8 Å². The molecule has 1 heterocycles. The standard InChI is InChI=1S/C25H42N2S.ClH/c1-6-7-14-26-15-17-27(18-16-26)24-13-12-22(28-5)19-23(24)20-8-10-21(11-9-20)25(2,3)4;/h12-13,19-21H,6-11,14-18H2,1-5H3;1H. The van der Waals surface area contributed by atoms with Gasteiger partial charge in [-0.3, -0.25) is 4.90 Å². The van der Waals surface area contributed by atoms with E-state index in [1.807, 2.05) is 11.8 Å². The van der Waals surface area contributed by atoms with Crippen molar-refractivity contribution in [3.8, 4) is 0 Å². The molecule has 166 valence electrons. The zero-order valence-corrected chi connectivity index (χ0v) is 21.0. The number of hydrogen-bond donors (Lipinski definition) is 0. The Morgan fingerprint density at radius 3 is 2.21 bits per heavy atom. The molecule has 0 unspecified atom stereocenters. The highest BCUT2D eigenvalue weighted by atomic mass is 35.5. The molecule has 4 heteroatoms. The second-order valence-corrected chi connectivity index (χ2v) is 10.9. The monoisotopic (exact) mass is 438 g/mol. The van der Waals surface area contributed by atoms with Gasteiger partial charge in [-0.2, -0.15) is 0 Å². The van der Waals surface area contributed by atoms with Crippen molar-refractivity contribution < 1.29 is 0 Å². The summed E-state index contributed by atoms with van der Waals surface area (Å²) in [5.74, 6) is 1.64. The number of benzene rings is 1. The third-order valence-electron chi connectivity index (χ3n) is 7.17. The predicted molar refractivity (Wildman–Crippen MR) is 133 cm³/mol. The molecule has 0 amide bonds. The van der Waals surface area contributed by atoms with E-state index in [1.165, 1.54) is 81.8 Å². The lowest BCUT2D eigenvalue weighted by atomic mass is 9.68. The third kappa shape index (κ3) is 6.55. The molecule has 1 aliphatic heterocycles. The Morgan fingerprint density at radius 1 is 1.00 bits per heavy atom. The Bertz CT molecular complexity index is 612. The minimum absolute atomic E-state index is 0. The summed E-state index contributed by atoms with van der Waals surface area (Å²) < 4.78 is 0. The second-order valence-electron chi connectivity index (χ2n) is 10.0. The fourth-order valence-corrected chi connectivity index (χ4v) is 5.59. The fourth-order valence-electron chi connectivity index (χ4n) is 5.14. The summed E-state index contributed by atoms with van der Waals surface area (Å²) in [5, 5.41) is 0. The molecule has 1 saturated carbocycles. The summed E-state index contributed by atoms with van der Waals surface area (Å²) >= 11 is 1.89. The largest absolute Gasteiger partial charge is 0.369 e. The van der Waals surface area contributed by atoms with E-state index in [1.54, 1.807) is 5.56 Å². The second kappa shape index (κ2) is 11.3. The Morgan fingerprint density at radius 2 is 1.66 bits per heavy atom. The summed E-state index contributed by atoms with van der Waals surface area (Å²) in [4.78, 5) is 6.76. The van der Waals surface area contributed by atoms with E-state index in [4.69, 9.17) is 0 Å². The van der Waals surface area contributed by atoms with E-state index in [2.05, 4.69) is 61.9 Å². The summed E-state index contributed by atoms with van der Waals surface area (Å²) in [6.45, 7) is 15.7. The van der Waals surface area contributed by atoms with Gasteiger partial charge in [-0.1, -0.05) is 34.1 Å². The van der Waals surface area contributed by atoms with Gasteiger partial charge in [0.25, 0.3) is 0 Å². The van der Waals surface area contributed by atoms with Gasteiger partial charge >= 0.3 is 0 Å². The van der Waals surface area contributed by atoms with Crippen LogP contribution in [0.3, 0.4) is 0 Å². The maximum atomic E-state index is 2.68. The van der Waals surface area contributed by atoms with Crippen molar-refractivity contribution in [3.63, 3.8) is 0 Å². The predicted octanol–water partition coefficient (Wildman–Crippen LogP) is 7.07. The maximum Gasteiger partial charge on any atom is 0.0403 e. The van der Waals surface area contributed by atoms with Crippen LogP contribution in [-0.4, -0.2) is 43.9 Å². The Kier molecular flexibility index (Phi) is 9.70. The number of nitrogens with zero attached hydrogens (tertiary/aromatic N) is 2. The van der Waals surface area contributed by atoms with Crippen LogP contribution in [0.15, 0.2) is 23.1 Å². The van der Waals surface area contributed by atoms with Gasteiger partial charge in [0, 0.05) is 36.8 Å². The zero-order valence-electron chi connectivity index (χ0n) is 19.4. The molecule has 0 atom stereocenters. The maximum absolute atomic E-state index is 2.68. The number of unbranched alkanes of at least 4 members (excludes halogenated alkanes) is 1. The number of piperazine rings is 1. The van der Waals surface area contributed by atoms with Crippen LogP contribution in [0.1, 0.15) is 77.7 Å². The van der Waals surface area contributed by atoms with E-state index in [0.29, 0.717) is 5.41 Å². The van der Waals surface area contributed by atoms with Crippen molar-refractivity contribution in [2.75, 3.05) is 43.9 Å². The lowest BCUT2D eigenvalue weighted by Gasteiger charge is -2.40. The topological polar surface area (TPSA) is 6.48 Å². The average molecular weight is 439 g/mol. The molecule has 2 nitrogen and oxygen atoms in total. The van der Waals surface area contributed by atoms with Gasteiger partial charge in [-0.05, 0) is 85.9 Å². The molecule has 0 spiro atoms. The highest BCUT2D eigenvalue weighted by molar-refractivity contribution is 7.98. The molecular weight excluding hydrogens is 396 g/mol. The van der Waals surface area contributed by atoms with Crippen molar-refractivity contribution in [2.24, 2.45) is 11.3 Å². The molecule has 0 aromatic heterocycles. The number of hydrogen-bond acceptors (Lipinski definition) is 3. The number of rotatable bonds is 6. The number of thioether (sulfide) groups is 1. The highest BCUT2D eigenvalue weighted by Gasteiger charge is 2.32. The summed E-state index contributed by atoms with van der Waals surface area (Å²) in [6, 6.07) is 7.29. The molecule has 0 N–H and O–H groups in total. The molecule has 0 radical (unpaired) electrons. The molecule has 0 bridgehead atoms. The van der Waals surface area contributed by atoms with Crippen molar-refractivity contribution >= 4 is 29.9 Å². The first-order valence-electron chi connectivity index (χ1n) is 11.6. The Balaban J connectivity index is 0.00000300. The van der Waals surface area contributed by atoms with Crippen LogP contribution in [-0.2, 0) is 0 Å². The Labute approximate surface area is 190 Å². The Hall–Kier alpha value is -0.380. The van der Waals surface area contributed by atoms with E-state index in [-0.39, 0.29) is 12.4 Å². The van der Waals surface area contributed by atoms with Gasteiger partial charge in [0.1, 0.15) is 0 Å². The van der Waals surface area contributed by atoms with E-state index < -0.39 is 0 Å². The van der Waals surface area contributed by atoms with Crippen LogP contribution in [0.25, 0.3) is 0 Å². The molecule has 1 aliphatic carbocycles. The first kappa shape index (κ1) is 24.9. The summed E-state index contributed by atoms with van der Waals surface area (Å²) in [6.07, 6.45) is 10.4. The van der Waals surface area contributed by atoms with Crippen LogP contribution in [0.5, 0.6) is 0 Å². The third-order valence-corrected chi connectivity index (χ3v) is 7.89. The van der Waals surface area contributed by atoms with E-state index >= 15 is 0 Å². The van der Waals surface area contributed by atoms with Gasteiger partial charge in [-0.25, -0.2) is 0 Å². The first-order chi connectivity index (χ1) is 13.4. The molecule has 1 saturated heterocycles. The van der Waals surface area contributed by atoms with Crippen molar-refractivity contribution in [1.82, 2.24) is 4.90 Å². The normalized spacial score (nSPS) is 23.7. The summed E-state index contributed by atoms with van der Waals surface area (Å²) in [7, 11) is 0. The lowest BCUT2D eigenvalue weighted by molar-refractivity contribution is 0.169. The van der Waals surface area contributed by atoms with Crippen molar-refractivity contribution in [2.45, 2.75) is 77.0 Å². The molecule has 1 aromatic rings. The molecule has 1 aromatic carbocycles. The van der Waals surface area contributed by atoms with Crippen LogP contribution in [0, 0.1) is 11.3 Å². The van der Waals surface area contributed by atoms with Gasteiger partial charge in [0.05, 0.1) is 0 Å². The van der Waals surface area contributed by atoms with Gasteiger partial charge in [0.2, 0.25) is 0 Å². The van der Waals surface area contributed by atoms with E-state index in [9.17, 15) is 0 Å². The fraction of sp³-hybridized carbons (Fsp3) is 0.760. The molecule has 2 aliphatic rings. The number of halogens is 1. The first-order valence-corrected chi connectivity index (χ1v) is 12.8. The van der Waals surface area contributed by atoms with Crippen molar-refractivity contribution in [1.29, 1.82) is 0 Å². The van der Waals surface area contributed by atoms with Crippen LogP contribution >= 0.6 is 24.2 Å². The number of anilines is 1. The zero-order chi connectivity index (χ0) is 20.1. The quantitative estimate of drug-likeness (QED) is 0.438. The van der Waals surface area contributed by atoms with Gasteiger partial charge in [-0.15, -0.1) is 24.2 Å². The molecule has 3 rings (SSSR count). The highest BCUT2D eigenvalue weighted by Crippen LogP contribution is 2.45. The SMILES string of the molecule is CCCCN1CCN(c2ccc(SC)cc2C2CCC(C(C)(C)C)CC2)CC1.Cl. The molecule has 29 heavy (non-hydrogen) atoms. The van der Waals surface area contributed by atoms with Crippen LogP contribution < -0.4 is 4.90 Å². The van der Waals surface area contributed by atoms with Gasteiger partial charge < -0.3 is 4.90 Å². The van der Waals surface area contributed by atoms with E-state index in [0.717, 1.165) is 11.8 Å². The minimum atomic E-state index is 0. The lowest BCUT2D eigenvalue weighted by Crippen LogP contribution is -2.47. The average Bonchev–Trinajstić information content (AvgIpc) is 2.71. The smallest absolute Gasteiger partial charge is 0.0403 e. The summed E-state index contributed by atoms with van der Waals surface area (Å²) in [5.41, 5.74) is 3.64.